The summed E-state index contributed by atoms with van der Waals surface area (Å²) in [7, 11) is 0. The summed E-state index contributed by atoms with van der Waals surface area (Å²) < 4.78 is 202. The minimum Gasteiger partial charge on any atom is -0.456 e. The van der Waals surface area contributed by atoms with E-state index in [9.17, 15) is 15.1 Å². The Morgan fingerprint density at radius 3 is 1.62 bits per heavy atom. The number of furan rings is 2. The number of rotatable bonds is 3. The van der Waals surface area contributed by atoms with E-state index in [1.54, 1.807) is 42.5 Å². The molecule has 0 saturated heterocycles. The van der Waals surface area contributed by atoms with Gasteiger partial charge in [-0.2, -0.15) is 0 Å². The maximum Gasteiger partial charge on any atom is 0.136 e. The first-order valence-corrected chi connectivity index (χ1v) is 15.4. The van der Waals surface area contributed by atoms with Crippen molar-refractivity contribution in [2.75, 3.05) is 0 Å². The molecule has 0 N–H and O–H groups in total. The molecule has 9 aromatic carbocycles. The lowest BCUT2D eigenvalue weighted by Crippen LogP contribution is -1.91. The Bertz CT molecular complexity index is 4250. The standard InChI is InChI=1S/C48H28O2/c1-2-12-33-30(10-1)11-9-18-34(33)46-37-15-5-3-13-35(37)45(36-14-4-6-16-38(36)46)31-22-20-29(21-23-31)32-24-25-40-44(28-32)50-43-27-26-42-47(48(40)43)39-17-7-8-19-41(39)49-42/h1-28H/i3D,4D,5D,6D,7D,8D,13D,14D,15D,16D,17D,19D,20D,21D,22D,23D,24D,25D,26D,27D,28D. The molecular weight excluding hydrogens is 609 g/mol. The van der Waals surface area contributed by atoms with E-state index < -0.39 is 160 Å². The van der Waals surface area contributed by atoms with Crippen molar-refractivity contribution in [1.82, 2.24) is 0 Å². The van der Waals surface area contributed by atoms with Gasteiger partial charge in [-0.3, -0.25) is 0 Å². The summed E-state index contributed by atoms with van der Waals surface area (Å²) in [5.74, 6) is 0. The van der Waals surface area contributed by atoms with Crippen LogP contribution < -0.4 is 0 Å². The molecule has 0 aliphatic heterocycles. The third kappa shape index (κ3) is 3.90. The normalized spacial score (nSPS) is 17.9. The number of hydrogen-bond acceptors (Lipinski definition) is 2. The maximum atomic E-state index is 9.61. The molecule has 50 heavy (non-hydrogen) atoms. The van der Waals surface area contributed by atoms with Crippen molar-refractivity contribution in [2.24, 2.45) is 0 Å². The van der Waals surface area contributed by atoms with E-state index in [-0.39, 0.29) is 59.8 Å². The minimum atomic E-state index is -0.923. The van der Waals surface area contributed by atoms with Crippen molar-refractivity contribution < 1.29 is 37.6 Å². The lowest BCUT2D eigenvalue weighted by atomic mass is 9.84. The molecule has 0 aliphatic rings. The third-order valence-electron chi connectivity index (χ3n) is 8.89. The molecule has 0 atom stereocenters. The van der Waals surface area contributed by atoms with E-state index in [4.69, 9.17) is 22.5 Å². The van der Waals surface area contributed by atoms with Gasteiger partial charge in [-0.25, -0.2) is 0 Å². The second kappa shape index (κ2) is 10.4. The van der Waals surface area contributed by atoms with Crippen molar-refractivity contribution in [3.05, 3.63) is 169 Å². The van der Waals surface area contributed by atoms with Gasteiger partial charge in [-0.05, 0) is 95.9 Å². The van der Waals surface area contributed by atoms with Crippen LogP contribution in [-0.2, 0) is 0 Å². The first-order chi connectivity index (χ1) is 33.6. The molecule has 232 valence electrons. The minimum absolute atomic E-state index is 0.00402. The van der Waals surface area contributed by atoms with Gasteiger partial charge >= 0.3 is 0 Å². The average molecular weight is 658 g/mol. The Kier molecular flexibility index (Phi) is 2.93. The highest BCUT2D eigenvalue weighted by Crippen LogP contribution is 2.46. The molecule has 0 unspecified atom stereocenters. The molecule has 2 heterocycles. The van der Waals surface area contributed by atoms with Crippen LogP contribution in [0.4, 0.5) is 0 Å². The van der Waals surface area contributed by atoms with Gasteiger partial charge < -0.3 is 8.83 Å². The van der Waals surface area contributed by atoms with Crippen molar-refractivity contribution >= 4 is 76.2 Å². The van der Waals surface area contributed by atoms with Crippen LogP contribution in [0.1, 0.15) is 28.8 Å². The van der Waals surface area contributed by atoms with Gasteiger partial charge in [0.25, 0.3) is 0 Å². The van der Waals surface area contributed by atoms with Crippen LogP contribution in [-0.4, -0.2) is 0 Å². The van der Waals surface area contributed by atoms with E-state index in [0.29, 0.717) is 16.3 Å². The van der Waals surface area contributed by atoms with E-state index >= 15 is 0 Å². The van der Waals surface area contributed by atoms with Crippen molar-refractivity contribution in [3.63, 3.8) is 0 Å². The highest BCUT2D eigenvalue weighted by atomic mass is 16.3. The molecule has 0 saturated carbocycles. The van der Waals surface area contributed by atoms with Gasteiger partial charge in [0.05, 0.1) is 28.8 Å². The molecular formula is C48H28O2. The fraction of sp³-hybridized carbons (Fsp3) is 0. The summed E-state index contributed by atoms with van der Waals surface area (Å²) in [6.07, 6.45) is 0. The molecule has 2 aromatic heterocycles. The molecule has 0 bridgehead atoms. The molecule has 2 heteroatoms. The maximum absolute atomic E-state index is 9.61. The zero-order chi connectivity index (χ0) is 51.0. The molecule has 0 aliphatic carbocycles. The van der Waals surface area contributed by atoms with Gasteiger partial charge in [-0.1, -0.05) is 139 Å². The first-order valence-electron chi connectivity index (χ1n) is 25.9. The lowest BCUT2D eigenvalue weighted by molar-refractivity contribution is 0.663. The van der Waals surface area contributed by atoms with E-state index in [0.717, 1.165) is 0 Å². The summed E-state index contributed by atoms with van der Waals surface area (Å²) in [5.41, 5.74) is -3.79. The summed E-state index contributed by atoms with van der Waals surface area (Å²) in [5, 5.41) is -0.874. The summed E-state index contributed by atoms with van der Waals surface area (Å²) in [4.78, 5) is 0. The molecule has 2 nitrogen and oxygen atoms in total. The quantitative estimate of drug-likeness (QED) is 0.177. The Balaban J connectivity index is 1.28. The van der Waals surface area contributed by atoms with Crippen molar-refractivity contribution in [2.45, 2.75) is 0 Å². The number of fused-ring (bicyclic) bond motifs is 10. The third-order valence-corrected chi connectivity index (χ3v) is 8.89. The molecule has 0 spiro atoms. The number of benzene rings is 9. The monoisotopic (exact) mass is 657 g/mol. The van der Waals surface area contributed by atoms with Gasteiger partial charge in [0, 0.05) is 21.5 Å². The molecule has 11 rings (SSSR count). The van der Waals surface area contributed by atoms with Gasteiger partial charge in [0.1, 0.15) is 22.3 Å². The van der Waals surface area contributed by atoms with E-state index in [2.05, 4.69) is 0 Å². The van der Waals surface area contributed by atoms with Crippen molar-refractivity contribution in [3.8, 4) is 33.4 Å². The van der Waals surface area contributed by atoms with Crippen LogP contribution in [0.5, 0.6) is 0 Å². The second-order valence-electron chi connectivity index (χ2n) is 11.5. The van der Waals surface area contributed by atoms with Crippen LogP contribution in [0.2, 0.25) is 0 Å². The predicted molar refractivity (Wildman–Crippen MR) is 210 cm³/mol. The van der Waals surface area contributed by atoms with Gasteiger partial charge in [0.2, 0.25) is 0 Å². The first kappa shape index (κ1) is 14.1. The van der Waals surface area contributed by atoms with Gasteiger partial charge in [-0.15, -0.1) is 0 Å². The topological polar surface area (TPSA) is 26.3 Å². The van der Waals surface area contributed by atoms with Crippen LogP contribution in [0, 0.1) is 0 Å². The van der Waals surface area contributed by atoms with Gasteiger partial charge in [0.15, 0.2) is 0 Å². The van der Waals surface area contributed by atoms with Crippen LogP contribution in [0.15, 0.2) is 178 Å². The van der Waals surface area contributed by atoms with Crippen molar-refractivity contribution in [1.29, 1.82) is 0 Å². The lowest BCUT2D eigenvalue weighted by Gasteiger charge is -2.19. The molecule has 11 aromatic rings. The molecule has 0 amide bonds. The second-order valence-corrected chi connectivity index (χ2v) is 11.5. The summed E-state index contributed by atoms with van der Waals surface area (Å²) in [6.45, 7) is 0. The fourth-order valence-corrected chi connectivity index (χ4v) is 6.77. The predicted octanol–water partition coefficient (Wildman–Crippen LogP) is 13.9. The zero-order valence-corrected chi connectivity index (χ0v) is 25.4. The summed E-state index contributed by atoms with van der Waals surface area (Å²) >= 11 is 0. The Hall–Kier alpha value is -6.64. The molecule has 0 radical (unpaired) electrons. The smallest absolute Gasteiger partial charge is 0.136 e. The Morgan fingerprint density at radius 2 is 0.900 bits per heavy atom. The zero-order valence-electron chi connectivity index (χ0n) is 46.4. The highest BCUT2D eigenvalue weighted by Gasteiger charge is 2.19. The largest absolute Gasteiger partial charge is 0.456 e. The van der Waals surface area contributed by atoms with E-state index in [1.807, 2.05) is 0 Å². The summed E-state index contributed by atoms with van der Waals surface area (Å²) in [6, 6.07) is -3.17. The highest BCUT2D eigenvalue weighted by molar-refractivity contribution is 6.26. The fourth-order valence-electron chi connectivity index (χ4n) is 6.77. The Morgan fingerprint density at radius 1 is 0.360 bits per heavy atom. The number of hydrogen-bond donors (Lipinski definition) is 0. The van der Waals surface area contributed by atoms with Crippen LogP contribution in [0.25, 0.3) is 110 Å². The Labute approximate surface area is 316 Å². The average Bonchev–Trinajstić information content (AvgIpc) is 3.96. The van der Waals surface area contributed by atoms with Crippen LogP contribution >= 0.6 is 0 Å². The number of para-hydroxylation sites is 1. The van der Waals surface area contributed by atoms with Crippen LogP contribution in [0.3, 0.4) is 0 Å². The van der Waals surface area contributed by atoms with E-state index in [1.165, 1.54) is 0 Å². The molecule has 0 fully saturated rings. The SMILES string of the molecule is [2H]c1c([2H])c(-c2c3c([2H])c([2H])c([2H])c([2H])c3c(-c3cccc4ccccc34)c3c([2H])c([2H])c([2H])c([2H])c23)c([2H])c([2H])c1-c1c([2H])c([2H])c2c(oc3c([2H])c([2H])c4oc5c([2H])c([2H])c([2H])c([2H])c5c4c32)c1[2H].